The number of amides is 1. The molecule has 0 bridgehead atoms. The first-order valence-electron chi connectivity index (χ1n) is 6.31. The number of rotatable bonds is 6. The van der Waals surface area contributed by atoms with Crippen LogP contribution in [-0.4, -0.2) is 34.4 Å². The molecule has 0 spiro atoms. The molecule has 1 amide bonds. The summed E-state index contributed by atoms with van der Waals surface area (Å²) in [6, 6.07) is 9.61. The van der Waals surface area contributed by atoms with Gasteiger partial charge in [0.15, 0.2) is 0 Å². The average molecular weight is 259 g/mol. The minimum atomic E-state index is -0.148. The van der Waals surface area contributed by atoms with E-state index in [1.54, 1.807) is 0 Å². The Bertz CT molecular complexity index is 522. The van der Waals surface area contributed by atoms with E-state index >= 15 is 0 Å². The SMILES string of the molecule is O=C(NCCCCO)c1cn[nH]c1-c1ccccc1. The van der Waals surface area contributed by atoms with Crippen LogP contribution in [0.5, 0.6) is 0 Å². The van der Waals surface area contributed by atoms with E-state index in [9.17, 15) is 4.79 Å². The minimum Gasteiger partial charge on any atom is -0.396 e. The van der Waals surface area contributed by atoms with E-state index in [0.717, 1.165) is 17.7 Å². The molecule has 0 saturated heterocycles. The number of carbonyl (C=O) groups excluding carboxylic acids is 1. The molecule has 1 aromatic carbocycles. The van der Waals surface area contributed by atoms with Crippen molar-refractivity contribution in [3.63, 3.8) is 0 Å². The molecule has 3 N–H and O–H groups in total. The predicted molar refractivity (Wildman–Crippen MR) is 72.7 cm³/mol. The Labute approximate surface area is 111 Å². The predicted octanol–water partition coefficient (Wildman–Crippen LogP) is 1.58. The number of nitrogens with zero attached hydrogens (tertiary/aromatic N) is 1. The lowest BCUT2D eigenvalue weighted by Crippen LogP contribution is -2.24. The van der Waals surface area contributed by atoms with E-state index in [1.807, 2.05) is 30.3 Å². The summed E-state index contributed by atoms with van der Waals surface area (Å²) < 4.78 is 0. The maximum atomic E-state index is 12.0. The van der Waals surface area contributed by atoms with Crippen LogP contribution in [0.4, 0.5) is 0 Å². The van der Waals surface area contributed by atoms with E-state index in [1.165, 1.54) is 6.20 Å². The van der Waals surface area contributed by atoms with Gasteiger partial charge >= 0.3 is 0 Å². The van der Waals surface area contributed by atoms with Gasteiger partial charge in [-0.05, 0) is 12.8 Å². The van der Waals surface area contributed by atoms with Gasteiger partial charge in [-0.25, -0.2) is 0 Å². The maximum absolute atomic E-state index is 12.0. The Morgan fingerprint density at radius 3 is 2.79 bits per heavy atom. The van der Waals surface area contributed by atoms with Crippen molar-refractivity contribution in [2.75, 3.05) is 13.2 Å². The van der Waals surface area contributed by atoms with E-state index in [0.29, 0.717) is 18.5 Å². The quantitative estimate of drug-likeness (QED) is 0.689. The first kappa shape index (κ1) is 13.3. The maximum Gasteiger partial charge on any atom is 0.255 e. The first-order chi connectivity index (χ1) is 9.33. The summed E-state index contributed by atoms with van der Waals surface area (Å²) in [5, 5.41) is 18.3. The highest BCUT2D eigenvalue weighted by molar-refractivity contribution is 5.99. The molecule has 0 saturated carbocycles. The summed E-state index contributed by atoms with van der Waals surface area (Å²) in [6.45, 7) is 0.704. The van der Waals surface area contributed by atoms with Crippen LogP contribution in [0.3, 0.4) is 0 Å². The van der Waals surface area contributed by atoms with E-state index in [-0.39, 0.29) is 12.5 Å². The Morgan fingerprint density at radius 1 is 1.26 bits per heavy atom. The summed E-state index contributed by atoms with van der Waals surface area (Å²) in [6.07, 6.45) is 2.99. The molecule has 19 heavy (non-hydrogen) atoms. The van der Waals surface area contributed by atoms with Crippen molar-refractivity contribution in [3.05, 3.63) is 42.1 Å². The van der Waals surface area contributed by atoms with Gasteiger partial charge in [-0.2, -0.15) is 5.10 Å². The third-order valence-corrected chi connectivity index (χ3v) is 2.82. The summed E-state index contributed by atoms with van der Waals surface area (Å²) in [5.41, 5.74) is 2.19. The molecule has 0 aliphatic carbocycles. The van der Waals surface area contributed by atoms with Crippen LogP contribution in [-0.2, 0) is 0 Å². The second kappa shape index (κ2) is 6.70. The number of unbranched alkanes of at least 4 members (excludes halogenated alkanes) is 1. The zero-order valence-corrected chi connectivity index (χ0v) is 10.6. The van der Waals surface area contributed by atoms with Gasteiger partial charge in [-0.3, -0.25) is 9.89 Å². The zero-order valence-electron chi connectivity index (χ0n) is 10.6. The van der Waals surface area contributed by atoms with Crippen LogP contribution < -0.4 is 5.32 Å². The van der Waals surface area contributed by atoms with Crippen LogP contribution in [0.15, 0.2) is 36.5 Å². The highest BCUT2D eigenvalue weighted by Crippen LogP contribution is 2.20. The van der Waals surface area contributed by atoms with Crippen molar-refractivity contribution in [1.29, 1.82) is 0 Å². The molecule has 0 aliphatic heterocycles. The van der Waals surface area contributed by atoms with Crippen molar-refractivity contribution < 1.29 is 9.90 Å². The largest absolute Gasteiger partial charge is 0.396 e. The summed E-state index contributed by atoms with van der Waals surface area (Å²) in [5.74, 6) is -0.148. The minimum absolute atomic E-state index is 0.148. The summed E-state index contributed by atoms with van der Waals surface area (Å²) >= 11 is 0. The molecule has 0 fully saturated rings. The Morgan fingerprint density at radius 2 is 2.05 bits per heavy atom. The molecule has 5 nitrogen and oxygen atoms in total. The van der Waals surface area contributed by atoms with Gasteiger partial charge in [0, 0.05) is 18.7 Å². The lowest BCUT2D eigenvalue weighted by molar-refractivity contribution is 0.0953. The van der Waals surface area contributed by atoms with Gasteiger partial charge in [-0.1, -0.05) is 30.3 Å². The third-order valence-electron chi connectivity index (χ3n) is 2.82. The van der Waals surface area contributed by atoms with Crippen molar-refractivity contribution >= 4 is 5.91 Å². The monoisotopic (exact) mass is 259 g/mol. The lowest BCUT2D eigenvalue weighted by atomic mass is 10.1. The molecule has 1 heterocycles. The number of aromatic amines is 1. The number of carbonyl (C=O) groups is 1. The van der Waals surface area contributed by atoms with Gasteiger partial charge in [0.1, 0.15) is 0 Å². The highest BCUT2D eigenvalue weighted by atomic mass is 16.2. The van der Waals surface area contributed by atoms with Gasteiger partial charge in [0.05, 0.1) is 17.5 Å². The van der Waals surface area contributed by atoms with Crippen molar-refractivity contribution in [1.82, 2.24) is 15.5 Å². The van der Waals surface area contributed by atoms with Gasteiger partial charge in [0.25, 0.3) is 5.91 Å². The smallest absolute Gasteiger partial charge is 0.255 e. The second-order valence-electron chi connectivity index (χ2n) is 4.21. The molecule has 5 heteroatoms. The molecule has 0 unspecified atom stereocenters. The lowest BCUT2D eigenvalue weighted by Gasteiger charge is -2.05. The Balaban J connectivity index is 2.05. The average Bonchev–Trinajstić information content (AvgIpc) is 2.94. The molecule has 100 valence electrons. The number of nitrogens with one attached hydrogen (secondary N) is 2. The molecule has 0 atom stereocenters. The van der Waals surface area contributed by atoms with Gasteiger partial charge in [0.2, 0.25) is 0 Å². The highest BCUT2D eigenvalue weighted by Gasteiger charge is 2.14. The number of aliphatic hydroxyl groups is 1. The van der Waals surface area contributed by atoms with Crippen molar-refractivity contribution in [2.24, 2.45) is 0 Å². The second-order valence-corrected chi connectivity index (χ2v) is 4.21. The molecule has 1 aromatic heterocycles. The number of H-pyrrole nitrogens is 1. The number of benzene rings is 1. The van der Waals surface area contributed by atoms with Crippen LogP contribution in [0.1, 0.15) is 23.2 Å². The normalized spacial score (nSPS) is 10.4. The first-order valence-corrected chi connectivity index (χ1v) is 6.31. The molecular formula is C14H17N3O2. The standard InChI is InChI=1S/C14H17N3O2/c18-9-5-4-8-15-14(19)12-10-16-17-13(12)11-6-2-1-3-7-11/h1-3,6-7,10,18H,4-5,8-9H2,(H,15,19)(H,16,17). The molecular weight excluding hydrogens is 242 g/mol. The molecule has 0 radical (unpaired) electrons. The van der Waals surface area contributed by atoms with E-state index in [2.05, 4.69) is 15.5 Å². The van der Waals surface area contributed by atoms with E-state index < -0.39 is 0 Å². The molecule has 2 rings (SSSR count). The number of aliphatic hydroxyl groups excluding tert-OH is 1. The Kier molecular flexibility index (Phi) is 4.69. The summed E-state index contributed by atoms with van der Waals surface area (Å²) in [7, 11) is 0. The van der Waals surface area contributed by atoms with Gasteiger partial charge in [-0.15, -0.1) is 0 Å². The van der Waals surface area contributed by atoms with Crippen LogP contribution in [0, 0.1) is 0 Å². The zero-order chi connectivity index (χ0) is 13.5. The fraction of sp³-hybridized carbons (Fsp3) is 0.286. The van der Waals surface area contributed by atoms with Crippen LogP contribution in [0.25, 0.3) is 11.3 Å². The Hall–Kier alpha value is -2.14. The fourth-order valence-corrected chi connectivity index (χ4v) is 1.82. The third kappa shape index (κ3) is 3.42. The van der Waals surface area contributed by atoms with Crippen molar-refractivity contribution in [3.8, 4) is 11.3 Å². The molecule has 0 aliphatic rings. The van der Waals surface area contributed by atoms with Crippen molar-refractivity contribution in [2.45, 2.75) is 12.8 Å². The summed E-state index contributed by atoms with van der Waals surface area (Å²) in [4.78, 5) is 12.0. The number of aromatic nitrogens is 2. The van der Waals surface area contributed by atoms with Crippen LogP contribution >= 0.6 is 0 Å². The van der Waals surface area contributed by atoms with Crippen LogP contribution in [0.2, 0.25) is 0 Å². The molecule has 2 aromatic rings. The van der Waals surface area contributed by atoms with Gasteiger partial charge < -0.3 is 10.4 Å². The topological polar surface area (TPSA) is 78.0 Å². The fourth-order valence-electron chi connectivity index (χ4n) is 1.82. The number of hydrogen-bond acceptors (Lipinski definition) is 3. The number of hydrogen-bond donors (Lipinski definition) is 3. The van der Waals surface area contributed by atoms with E-state index in [4.69, 9.17) is 5.11 Å².